The minimum Gasteiger partial charge on any atom is -0.368 e. The highest BCUT2D eigenvalue weighted by molar-refractivity contribution is 5.95. The van der Waals surface area contributed by atoms with Gasteiger partial charge >= 0.3 is 0 Å². The van der Waals surface area contributed by atoms with Crippen molar-refractivity contribution in [3.8, 4) is 0 Å². The molecular formula is C19H27N5O3. The number of likely N-dealkylation sites (N-methyl/N-ethyl adjacent to an activating group) is 1. The Kier molecular flexibility index (Phi) is 4.01. The van der Waals surface area contributed by atoms with Crippen LogP contribution in [-0.4, -0.2) is 83.3 Å². The summed E-state index contributed by atoms with van der Waals surface area (Å²) in [5, 5.41) is 10.0. The fraction of sp³-hybridized carbons (Fsp3) is 0.737. The quantitative estimate of drug-likeness (QED) is 0.772. The Morgan fingerprint density at radius 1 is 1.30 bits per heavy atom. The van der Waals surface area contributed by atoms with E-state index in [0.717, 1.165) is 37.1 Å². The van der Waals surface area contributed by atoms with E-state index in [1.807, 2.05) is 4.90 Å². The number of likely N-dealkylation sites (tertiary alicyclic amines) is 1. The fourth-order valence-corrected chi connectivity index (χ4v) is 4.75. The lowest BCUT2D eigenvalue weighted by atomic mass is 9.89. The molecule has 8 nitrogen and oxygen atoms in total. The van der Waals surface area contributed by atoms with Crippen LogP contribution in [0.25, 0.3) is 0 Å². The van der Waals surface area contributed by atoms with E-state index in [1.165, 1.54) is 12.8 Å². The molecule has 1 spiro atoms. The standard InChI is InChI=1S/C19H27N5O3/c1-20-17(25)15-8-27-19(9-23(15)7-12-5-6-12)10-24(11-19)18(26)16-13-3-2-4-14(13)21-22-16/h12,15H,2-11H2,1H3,(H,20,25)(H,21,22)/t15-/m1/s1. The van der Waals surface area contributed by atoms with Crippen molar-refractivity contribution in [3.05, 3.63) is 17.0 Å². The molecule has 3 fully saturated rings. The fourth-order valence-electron chi connectivity index (χ4n) is 4.75. The zero-order chi connectivity index (χ0) is 18.6. The lowest BCUT2D eigenvalue weighted by Gasteiger charge is -2.55. The predicted molar refractivity (Wildman–Crippen MR) is 97.4 cm³/mol. The van der Waals surface area contributed by atoms with Crippen molar-refractivity contribution in [2.75, 3.05) is 39.8 Å². The number of aromatic nitrogens is 2. The molecule has 0 radical (unpaired) electrons. The van der Waals surface area contributed by atoms with Gasteiger partial charge in [0.2, 0.25) is 5.91 Å². The summed E-state index contributed by atoms with van der Waals surface area (Å²) in [6.45, 7) is 3.21. The number of H-pyrrole nitrogens is 1. The van der Waals surface area contributed by atoms with Crippen molar-refractivity contribution >= 4 is 11.8 Å². The normalized spacial score (nSPS) is 26.7. The third-order valence-corrected chi connectivity index (χ3v) is 6.47. The summed E-state index contributed by atoms with van der Waals surface area (Å²) in [5.74, 6) is 0.729. The molecule has 0 bridgehead atoms. The first kappa shape index (κ1) is 17.2. The number of ether oxygens (including phenoxy) is 1. The molecule has 27 heavy (non-hydrogen) atoms. The molecule has 2 aliphatic carbocycles. The first-order valence-corrected chi connectivity index (χ1v) is 10.0. The smallest absolute Gasteiger partial charge is 0.274 e. The maximum Gasteiger partial charge on any atom is 0.274 e. The van der Waals surface area contributed by atoms with Crippen molar-refractivity contribution in [1.82, 2.24) is 25.3 Å². The number of hydrogen-bond donors (Lipinski definition) is 2. The molecule has 3 heterocycles. The Labute approximate surface area is 158 Å². The van der Waals surface area contributed by atoms with Crippen molar-refractivity contribution in [3.63, 3.8) is 0 Å². The van der Waals surface area contributed by atoms with Crippen LogP contribution in [0.2, 0.25) is 0 Å². The van der Waals surface area contributed by atoms with E-state index < -0.39 is 0 Å². The van der Waals surface area contributed by atoms with Crippen LogP contribution in [0.5, 0.6) is 0 Å². The Morgan fingerprint density at radius 3 is 2.85 bits per heavy atom. The minimum atomic E-state index is -0.339. The number of carbonyl (C=O) groups is 2. The molecular weight excluding hydrogens is 346 g/mol. The Morgan fingerprint density at radius 2 is 2.11 bits per heavy atom. The summed E-state index contributed by atoms with van der Waals surface area (Å²) in [4.78, 5) is 29.2. The van der Waals surface area contributed by atoms with Crippen LogP contribution in [0.3, 0.4) is 0 Å². The molecule has 2 aliphatic heterocycles. The molecule has 1 aromatic heterocycles. The van der Waals surface area contributed by atoms with Gasteiger partial charge in [-0.15, -0.1) is 0 Å². The van der Waals surface area contributed by atoms with Gasteiger partial charge in [-0.25, -0.2) is 0 Å². The van der Waals surface area contributed by atoms with Gasteiger partial charge in [-0.1, -0.05) is 0 Å². The average Bonchev–Trinajstić information content (AvgIpc) is 3.17. The van der Waals surface area contributed by atoms with Crippen molar-refractivity contribution < 1.29 is 14.3 Å². The van der Waals surface area contributed by atoms with Crippen LogP contribution in [0.1, 0.15) is 41.0 Å². The van der Waals surface area contributed by atoms with Gasteiger partial charge in [0, 0.05) is 31.4 Å². The van der Waals surface area contributed by atoms with Crippen LogP contribution >= 0.6 is 0 Å². The number of carbonyl (C=O) groups excluding carboxylic acids is 2. The molecule has 0 aromatic carbocycles. The summed E-state index contributed by atoms with van der Waals surface area (Å²) in [6.07, 6.45) is 5.51. The Balaban J connectivity index is 1.25. The summed E-state index contributed by atoms with van der Waals surface area (Å²) < 4.78 is 6.14. The third-order valence-electron chi connectivity index (χ3n) is 6.47. The number of fused-ring (bicyclic) bond motifs is 1. The van der Waals surface area contributed by atoms with Crippen LogP contribution in [-0.2, 0) is 22.4 Å². The molecule has 2 amide bonds. The lowest BCUT2D eigenvalue weighted by molar-refractivity contribution is -0.191. The molecule has 2 saturated heterocycles. The second-order valence-corrected chi connectivity index (χ2v) is 8.54. The average molecular weight is 373 g/mol. The summed E-state index contributed by atoms with van der Waals surface area (Å²) in [5.41, 5.74) is 2.47. The van der Waals surface area contributed by atoms with E-state index in [1.54, 1.807) is 7.05 Å². The van der Waals surface area contributed by atoms with E-state index >= 15 is 0 Å². The highest BCUT2D eigenvalue weighted by Gasteiger charge is 2.53. The van der Waals surface area contributed by atoms with E-state index in [0.29, 0.717) is 37.9 Å². The monoisotopic (exact) mass is 373 g/mol. The van der Waals surface area contributed by atoms with Crippen molar-refractivity contribution in [2.24, 2.45) is 5.92 Å². The maximum atomic E-state index is 12.9. The summed E-state index contributed by atoms with van der Waals surface area (Å²) in [7, 11) is 1.67. The third kappa shape index (κ3) is 2.95. The number of aryl methyl sites for hydroxylation is 1. The van der Waals surface area contributed by atoms with Crippen molar-refractivity contribution in [2.45, 2.75) is 43.7 Å². The highest BCUT2D eigenvalue weighted by Crippen LogP contribution is 2.36. The zero-order valence-electron chi connectivity index (χ0n) is 15.8. The number of hydrogen-bond acceptors (Lipinski definition) is 5. The molecule has 1 atom stereocenters. The second-order valence-electron chi connectivity index (χ2n) is 8.54. The van der Waals surface area contributed by atoms with E-state index in [4.69, 9.17) is 4.74 Å². The minimum absolute atomic E-state index is 0.00536. The summed E-state index contributed by atoms with van der Waals surface area (Å²) in [6, 6.07) is -0.222. The Hall–Kier alpha value is -1.93. The van der Waals surface area contributed by atoms with E-state index in [9.17, 15) is 9.59 Å². The first-order chi connectivity index (χ1) is 13.1. The SMILES string of the molecule is CNC(=O)[C@H]1COC2(CN(C(=O)c3n[nH]c4c3CCC4)C2)CN1CC1CC1. The molecule has 0 unspecified atom stereocenters. The Bertz CT molecular complexity index is 765. The largest absolute Gasteiger partial charge is 0.368 e. The molecule has 8 heteroatoms. The van der Waals surface area contributed by atoms with E-state index in [2.05, 4.69) is 20.4 Å². The molecule has 146 valence electrons. The number of morpholine rings is 1. The van der Waals surface area contributed by atoms with Gasteiger partial charge in [0.1, 0.15) is 11.6 Å². The van der Waals surface area contributed by atoms with Gasteiger partial charge in [-0.2, -0.15) is 5.10 Å². The van der Waals surface area contributed by atoms with Crippen molar-refractivity contribution in [1.29, 1.82) is 0 Å². The van der Waals surface area contributed by atoms with Gasteiger partial charge in [0.25, 0.3) is 5.91 Å². The van der Waals surface area contributed by atoms with Gasteiger partial charge in [0.15, 0.2) is 5.69 Å². The van der Waals surface area contributed by atoms with Crippen LogP contribution in [0, 0.1) is 5.92 Å². The maximum absolute atomic E-state index is 12.9. The molecule has 1 saturated carbocycles. The number of amides is 2. The zero-order valence-corrected chi connectivity index (χ0v) is 15.8. The van der Waals surface area contributed by atoms with Gasteiger partial charge in [-0.05, 0) is 38.0 Å². The summed E-state index contributed by atoms with van der Waals surface area (Å²) >= 11 is 0. The van der Waals surface area contributed by atoms with Gasteiger partial charge < -0.3 is 15.0 Å². The second kappa shape index (κ2) is 6.31. The molecule has 5 rings (SSSR count). The van der Waals surface area contributed by atoms with Gasteiger partial charge in [-0.3, -0.25) is 19.6 Å². The predicted octanol–water partition coefficient (Wildman–Crippen LogP) is -0.0502. The number of rotatable bonds is 4. The molecule has 1 aromatic rings. The molecule has 4 aliphatic rings. The number of nitrogens with zero attached hydrogens (tertiary/aromatic N) is 3. The highest BCUT2D eigenvalue weighted by atomic mass is 16.5. The van der Waals surface area contributed by atoms with Crippen LogP contribution < -0.4 is 5.32 Å². The number of nitrogens with one attached hydrogen (secondary N) is 2. The molecule has 2 N–H and O–H groups in total. The number of aromatic amines is 1. The van der Waals surface area contributed by atoms with Crippen LogP contribution in [0.4, 0.5) is 0 Å². The van der Waals surface area contributed by atoms with Crippen LogP contribution in [0.15, 0.2) is 0 Å². The first-order valence-electron chi connectivity index (χ1n) is 10.0. The van der Waals surface area contributed by atoms with E-state index in [-0.39, 0.29) is 23.5 Å². The lowest BCUT2D eigenvalue weighted by Crippen LogP contribution is -2.73. The van der Waals surface area contributed by atoms with Gasteiger partial charge in [0.05, 0.1) is 19.7 Å². The topological polar surface area (TPSA) is 90.6 Å².